The van der Waals surface area contributed by atoms with E-state index in [-0.39, 0.29) is 29.4 Å². The molecule has 7 heteroatoms. The number of esters is 2. The number of rotatable bonds is 5. The van der Waals surface area contributed by atoms with Gasteiger partial charge in [-0.05, 0) is 38.5 Å². The van der Waals surface area contributed by atoms with E-state index < -0.39 is 18.0 Å². The van der Waals surface area contributed by atoms with Gasteiger partial charge in [0.2, 0.25) is 0 Å². The highest BCUT2D eigenvalue weighted by atomic mass is 35.5. The first-order valence-corrected chi connectivity index (χ1v) is 7.02. The van der Waals surface area contributed by atoms with Crippen LogP contribution in [0.5, 0.6) is 11.5 Å². The average Bonchev–Trinajstić information content (AvgIpc) is 2.32. The molecule has 1 rings (SSSR count). The van der Waals surface area contributed by atoms with Gasteiger partial charge in [-0.2, -0.15) is 0 Å². The van der Waals surface area contributed by atoms with Crippen LogP contribution in [0.2, 0.25) is 0 Å². The Labute approximate surface area is 142 Å². The molecule has 0 aliphatic heterocycles. The van der Waals surface area contributed by atoms with Crippen molar-refractivity contribution in [2.75, 3.05) is 6.54 Å². The Morgan fingerprint density at radius 2 is 1.52 bits per heavy atom. The predicted molar refractivity (Wildman–Crippen MR) is 89.0 cm³/mol. The van der Waals surface area contributed by atoms with Gasteiger partial charge in [0.1, 0.15) is 11.5 Å². The Morgan fingerprint density at radius 3 is 1.87 bits per heavy atom. The Morgan fingerprint density at radius 1 is 1.09 bits per heavy atom. The van der Waals surface area contributed by atoms with Gasteiger partial charge in [-0.3, -0.25) is 9.59 Å². The summed E-state index contributed by atoms with van der Waals surface area (Å²) in [6, 6.07) is 4.52. The summed E-state index contributed by atoms with van der Waals surface area (Å²) in [5, 5.41) is 13.4. The molecule has 0 aliphatic carbocycles. The third-order valence-electron chi connectivity index (χ3n) is 2.64. The molecule has 0 amide bonds. The summed E-state index contributed by atoms with van der Waals surface area (Å²) in [7, 11) is 0. The van der Waals surface area contributed by atoms with Crippen molar-refractivity contribution in [1.29, 1.82) is 0 Å². The highest BCUT2D eigenvalue weighted by Crippen LogP contribution is 2.27. The van der Waals surface area contributed by atoms with E-state index in [4.69, 9.17) is 9.47 Å². The summed E-state index contributed by atoms with van der Waals surface area (Å²) in [6.07, 6.45) is -0.830. The van der Waals surface area contributed by atoms with E-state index in [9.17, 15) is 14.7 Å². The topological polar surface area (TPSA) is 84.9 Å². The van der Waals surface area contributed by atoms with Crippen molar-refractivity contribution < 1.29 is 24.2 Å². The molecule has 1 unspecified atom stereocenters. The first-order valence-electron chi connectivity index (χ1n) is 7.02. The van der Waals surface area contributed by atoms with E-state index in [1.807, 2.05) is 20.8 Å². The number of hydrogen-bond acceptors (Lipinski definition) is 6. The first-order chi connectivity index (χ1) is 10.1. The van der Waals surface area contributed by atoms with Gasteiger partial charge < -0.3 is 19.9 Å². The van der Waals surface area contributed by atoms with Crippen LogP contribution < -0.4 is 14.8 Å². The van der Waals surface area contributed by atoms with Gasteiger partial charge in [0.05, 0.1) is 6.10 Å². The van der Waals surface area contributed by atoms with Crippen molar-refractivity contribution in [3.05, 3.63) is 23.8 Å². The molecule has 1 aromatic carbocycles. The summed E-state index contributed by atoms with van der Waals surface area (Å²) in [6.45, 7) is 8.82. The molecule has 130 valence electrons. The van der Waals surface area contributed by atoms with Gasteiger partial charge >= 0.3 is 11.9 Å². The molecule has 0 saturated carbocycles. The van der Waals surface area contributed by atoms with Gasteiger partial charge in [0.25, 0.3) is 0 Å². The lowest BCUT2D eigenvalue weighted by molar-refractivity contribution is -0.132. The fraction of sp³-hybridized carbons (Fsp3) is 0.500. The molecule has 23 heavy (non-hydrogen) atoms. The molecule has 2 N–H and O–H groups in total. The lowest BCUT2D eigenvalue weighted by Crippen LogP contribution is -2.38. The fourth-order valence-corrected chi connectivity index (χ4v) is 1.76. The van der Waals surface area contributed by atoms with Crippen LogP contribution in [-0.4, -0.2) is 29.1 Å². The summed E-state index contributed by atoms with van der Waals surface area (Å²) >= 11 is 0. The minimum Gasteiger partial charge on any atom is -0.427 e. The molecule has 0 spiro atoms. The molecule has 0 radical (unpaired) electrons. The highest BCUT2D eigenvalue weighted by Gasteiger charge is 2.16. The number of carbonyl (C=O) groups excluding carboxylic acids is 2. The number of aliphatic hydroxyl groups excluding tert-OH is 1. The van der Waals surface area contributed by atoms with Crippen molar-refractivity contribution in [3.63, 3.8) is 0 Å². The lowest BCUT2D eigenvalue weighted by atomic mass is 10.1. The third-order valence-corrected chi connectivity index (χ3v) is 2.64. The molecule has 0 fully saturated rings. The van der Waals surface area contributed by atoms with Gasteiger partial charge in [0, 0.05) is 32.0 Å². The first kappa shape index (κ1) is 21.4. The van der Waals surface area contributed by atoms with Crippen LogP contribution in [0.4, 0.5) is 0 Å². The lowest BCUT2D eigenvalue weighted by Gasteiger charge is -2.23. The predicted octanol–water partition coefficient (Wildman–Crippen LogP) is 2.38. The monoisotopic (exact) mass is 345 g/mol. The second kappa shape index (κ2) is 8.86. The van der Waals surface area contributed by atoms with E-state index in [0.717, 1.165) is 0 Å². The van der Waals surface area contributed by atoms with Gasteiger partial charge in [-0.1, -0.05) is 0 Å². The molecule has 1 aromatic rings. The van der Waals surface area contributed by atoms with Crippen LogP contribution >= 0.6 is 12.4 Å². The molecule has 0 bridgehead atoms. The van der Waals surface area contributed by atoms with E-state index in [1.165, 1.54) is 19.9 Å². The van der Waals surface area contributed by atoms with Crippen LogP contribution in [0, 0.1) is 0 Å². The smallest absolute Gasteiger partial charge is 0.308 e. The number of β-amino-alcohol motifs (C(OH)–C–C–N with tert-alkyl or cyclic N) is 1. The molecule has 0 heterocycles. The van der Waals surface area contributed by atoms with Gasteiger partial charge in [-0.25, -0.2) is 0 Å². The Hall–Kier alpha value is -1.63. The summed E-state index contributed by atoms with van der Waals surface area (Å²) in [5.41, 5.74) is 0.347. The average molecular weight is 346 g/mol. The van der Waals surface area contributed by atoms with Crippen LogP contribution in [0.1, 0.15) is 46.3 Å². The zero-order valence-electron chi connectivity index (χ0n) is 14.0. The van der Waals surface area contributed by atoms with Crippen LogP contribution in [0.3, 0.4) is 0 Å². The zero-order valence-corrected chi connectivity index (χ0v) is 14.8. The van der Waals surface area contributed by atoms with Crippen molar-refractivity contribution in [2.24, 2.45) is 0 Å². The largest absolute Gasteiger partial charge is 0.427 e. The van der Waals surface area contributed by atoms with Crippen molar-refractivity contribution in [2.45, 2.75) is 46.3 Å². The van der Waals surface area contributed by atoms with Crippen LogP contribution in [-0.2, 0) is 9.59 Å². The van der Waals surface area contributed by atoms with Gasteiger partial charge in [-0.15, -0.1) is 12.4 Å². The SMILES string of the molecule is CC(=O)Oc1cc(OC(C)=O)cc(C(O)CNC(C)(C)C)c1.Cl. The Bertz CT molecular complexity index is 520. The maximum atomic E-state index is 11.1. The molecule has 0 aromatic heterocycles. The maximum absolute atomic E-state index is 11.1. The molecule has 0 saturated heterocycles. The third kappa shape index (κ3) is 8.54. The number of ether oxygens (including phenoxy) is 2. The van der Waals surface area contributed by atoms with E-state index >= 15 is 0 Å². The summed E-state index contributed by atoms with van der Waals surface area (Å²) in [5.74, 6) is -0.548. The number of benzene rings is 1. The molecule has 6 nitrogen and oxygen atoms in total. The quantitative estimate of drug-likeness (QED) is 0.629. The van der Waals surface area contributed by atoms with E-state index in [1.54, 1.807) is 12.1 Å². The molecule has 1 atom stereocenters. The van der Waals surface area contributed by atoms with Crippen molar-refractivity contribution in [3.8, 4) is 11.5 Å². The number of carbonyl (C=O) groups is 2. The number of hydrogen-bond donors (Lipinski definition) is 2. The molecular weight excluding hydrogens is 322 g/mol. The van der Waals surface area contributed by atoms with Crippen LogP contribution in [0.15, 0.2) is 18.2 Å². The fourth-order valence-electron chi connectivity index (χ4n) is 1.76. The second-order valence-electron chi connectivity index (χ2n) is 6.07. The highest BCUT2D eigenvalue weighted by molar-refractivity contribution is 5.85. The number of halogens is 1. The standard InChI is InChI=1S/C16H23NO5.ClH/c1-10(18)21-13-6-12(7-14(8-13)22-11(2)19)15(20)9-17-16(3,4)5;/h6-8,15,17,20H,9H2,1-5H3;1H. The van der Waals surface area contributed by atoms with E-state index in [2.05, 4.69) is 5.32 Å². The Balaban J connectivity index is 0.00000484. The normalized spacial score (nSPS) is 12.1. The second-order valence-corrected chi connectivity index (χ2v) is 6.07. The van der Waals surface area contributed by atoms with Crippen molar-refractivity contribution in [1.82, 2.24) is 5.32 Å². The minimum atomic E-state index is -0.830. The molecular formula is C16H24ClNO5. The van der Waals surface area contributed by atoms with Crippen molar-refractivity contribution >= 4 is 24.3 Å². The Kier molecular flexibility index (Phi) is 8.23. The minimum absolute atomic E-state index is 0. The number of aliphatic hydroxyl groups is 1. The summed E-state index contributed by atoms with van der Waals surface area (Å²) in [4.78, 5) is 22.2. The zero-order chi connectivity index (χ0) is 16.9. The number of nitrogens with one attached hydrogen (secondary N) is 1. The maximum Gasteiger partial charge on any atom is 0.308 e. The van der Waals surface area contributed by atoms with Crippen LogP contribution in [0.25, 0.3) is 0 Å². The van der Waals surface area contributed by atoms with Gasteiger partial charge in [0.15, 0.2) is 0 Å². The summed E-state index contributed by atoms with van der Waals surface area (Å²) < 4.78 is 10.0. The van der Waals surface area contributed by atoms with E-state index in [0.29, 0.717) is 12.1 Å². The molecule has 0 aliphatic rings.